The molecule has 0 saturated carbocycles. The molecule has 1 amide bonds. The Balaban J connectivity index is 0.00000109. The number of primary amides is 1. The minimum absolute atomic E-state index is 0.108. The largest absolute Gasteiger partial charge is 0.481 e. The zero-order valence-corrected chi connectivity index (χ0v) is 15.1. The van der Waals surface area contributed by atoms with Gasteiger partial charge in [0.15, 0.2) is 6.61 Å². The van der Waals surface area contributed by atoms with E-state index >= 15 is 0 Å². The topological polar surface area (TPSA) is 112 Å². The molecule has 3 aromatic rings. The van der Waals surface area contributed by atoms with Crippen LogP contribution in [-0.2, 0) is 16.0 Å². The molecular weight excluding hydrogens is 360 g/mol. The molecule has 1 aliphatic heterocycles. The first-order valence-electron chi connectivity index (χ1n) is 8.72. The van der Waals surface area contributed by atoms with E-state index in [9.17, 15) is 9.59 Å². The van der Waals surface area contributed by atoms with Crippen molar-refractivity contribution in [2.75, 3.05) is 6.61 Å². The van der Waals surface area contributed by atoms with Gasteiger partial charge in [0.25, 0.3) is 5.91 Å². The standard InChI is InChI=1S/C20H18N2O4.CH2O/c21-20(25)19-15-10-9-13(12-5-2-1-3-6-12)22(15)14-7-4-8-16(18(14)19)26-11-17(23)24;1-2/h1-8,13H,9-11H2,(H2,21,25)(H,23,24);1H2. The molecule has 4 rings (SSSR count). The fraction of sp³-hybridized carbons (Fsp3) is 0.190. The second kappa shape index (κ2) is 7.96. The molecule has 0 fully saturated rings. The van der Waals surface area contributed by atoms with E-state index in [0.717, 1.165) is 29.6 Å². The average Bonchev–Trinajstić information content (AvgIpc) is 3.27. The summed E-state index contributed by atoms with van der Waals surface area (Å²) in [5, 5.41) is 9.51. The van der Waals surface area contributed by atoms with Gasteiger partial charge in [-0.15, -0.1) is 0 Å². The molecule has 0 bridgehead atoms. The Kier molecular flexibility index (Phi) is 5.44. The van der Waals surface area contributed by atoms with Gasteiger partial charge in [-0.05, 0) is 30.5 Å². The number of benzene rings is 2. The maximum atomic E-state index is 12.2. The number of carbonyl (C=O) groups excluding carboxylic acids is 2. The van der Waals surface area contributed by atoms with Gasteiger partial charge in [-0.25, -0.2) is 4.79 Å². The molecule has 0 radical (unpaired) electrons. The van der Waals surface area contributed by atoms with Gasteiger partial charge in [-0.1, -0.05) is 36.4 Å². The van der Waals surface area contributed by atoms with Crippen LogP contribution in [0.3, 0.4) is 0 Å². The Morgan fingerprint density at radius 3 is 2.50 bits per heavy atom. The van der Waals surface area contributed by atoms with Gasteiger partial charge in [-0.2, -0.15) is 0 Å². The molecule has 7 heteroatoms. The van der Waals surface area contributed by atoms with Crippen LogP contribution < -0.4 is 10.5 Å². The highest BCUT2D eigenvalue weighted by Gasteiger charge is 2.32. The van der Waals surface area contributed by atoms with E-state index < -0.39 is 18.5 Å². The summed E-state index contributed by atoms with van der Waals surface area (Å²) in [6.45, 7) is 1.53. The van der Waals surface area contributed by atoms with E-state index in [0.29, 0.717) is 16.7 Å². The summed E-state index contributed by atoms with van der Waals surface area (Å²) in [5.41, 5.74) is 8.99. The number of carboxylic acids is 1. The number of aromatic nitrogens is 1. The fourth-order valence-corrected chi connectivity index (χ4v) is 3.90. The number of nitrogens with two attached hydrogens (primary N) is 1. The van der Waals surface area contributed by atoms with E-state index in [1.54, 1.807) is 12.1 Å². The third-order valence-corrected chi connectivity index (χ3v) is 4.84. The van der Waals surface area contributed by atoms with E-state index in [1.165, 1.54) is 0 Å². The van der Waals surface area contributed by atoms with Gasteiger partial charge in [0, 0.05) is 5.69 Å². The molecular formula is C21H20N2O5. The second-order valence-corrected chi connectivity index (χ2v) is 6.35. The van der Waals surface area contributed by atoms with Crippen molar-refractivity contribution in [3.8, 4) is 5.75 Å². The molecule has 3 N–H and O–H groups in total. The van der Waals surface area contributed by atoms with Gasteiger partial charge in [0.05, 0.1) is 22.5 Å². The maximum Gasteiger partial charge on any atom is 0.341 e. The van der Waals surface area contributed by atoms with Crippen LogP contribution >= 0.6 is 0 Å². The van der Waals surface area contributed by atoms with Crippen LogP contribution in [-0.4, -0.2) is 34.9 Å². The molecule has 0 spiro atoms. The van der Waals surface area contributed by atoms with E-state index in [4.69, 9.17) is 20.4 Å². The Morgan fingerprint density at radius 2 is 1.86 bits per heavy atom. The van der Waals surface area contributed by atoms with Crippen molar-refractivity contribution in [2.45, 2.75) is 18.9 Å². The van der Waals surface area contributed by atoms with Gasteiger partial charge in [0.1, 0.15) is 12.5 Å². The van der Waals surface area contributed by atoms with Crippen molar-refractivity contribution in [3.05, 3.63) is 65.4 Å². The molecule has 7 nitrogen and oxygen atoms in total. The van der Waals surface area contributed by atoms with E-state index in [2.05, 4.69) is 16.7 Å². The van der Waals surface area contributed by atoms with Crippen LogP contribution in [0, 0.1) is 0 Å². The third kappa shape index (κ3) is 3.22. The lowest BCUT2D eigenvalue weighted by Crippen LogP contribution is -2.14. The molecule has 1 atom stereocenters. The first kappa shape index (κ1) is 19.2. The molecule has 1 unspecified atom stereocenters. The highest BCUT2D eigenvalue weighted by atomic mass is 16.5. The predicted octanol–water partition coefficient (Wildman–Crippen LogP) is 2.55. The van der Waals surface area contributed by atoms with Gasteiger partial charge in [0.2, 0.25) is 0 Å². The minimum Gasteiger partial charge on any atom is -0.481 e. The number of amides is 1. The number of hydrogen-bond acceptors (Lipinski definition) is 4. The molecule has 1 aromatic heterocycles. The Labute approximate surface area is 161 Å². The molecule has 2 heterocycles. The van der Waals surface area contributed by atoms with Crippen LogP contribution in [0.15, 0.2) is 48.5 Å². The van der Waals surface area contributed by atoms with Crippen molar-refractivity contribution in [1.82, 2.24) is 4.57 Å². The number of ether oxygens (including phenoxy) is 1. The number of nitrogens with zero attached hydrogens (tertiary/aromatic N) is 1. The normalized spacial score (nSPS) is 14.8. The molecule has 2 aromatic carbocycles. The molecule has 1 aliphatic rings. The van der Waals surface area contributed by atoms with Crippen LogP contribution in [0.4, 0.5) is 0 Å². The summed E-state index contributed by atoms with van der Waals surface area (Å²) < 4.78 is 7.57. The maximum absolute atomic E-state index is 12.2. The van der Waals surface area contributed by atoms with Gasteiger partial charge >= 0.3 is 5.97 Å². The second-order valence-electron chi connectivity index (χ2n) is 6.35. The van der Waals surface area contributed by atoms with Crippen LogP contribution in [0.25, 0.3) is 10.9 Å². The number of carboxylic acid groups (broad SMARTS) is 1. The first-order chi connectivity index (χ1) is 13.6. The predicted molar refractivity (Wildman–Crippen MR) is 104 cm³/mol. The van der Waals surface area contributed by atoms with E-state index in [-0.39, 0.29) is 6.04 Å². The van der Waals surface area contributed by atoms with Crippen molar-refractivity contribution in [2.24, 2.45) is 5.73 Å². The highest BCUT2D eigenvalue weighted by molar-refractivity contribution is 6.10. The van der Waals surface area contributed by atoms with Crippen molar-refractivity contribution in [3.63, 3.8) is 0 Å². The SMILES string of the molecule is C=O.NC(=O)c1c2n(c3cccc(OCC(=O)O)c13)C(c1ccccc1)CC2. The van der Waals surface area contributed by atoms with Crippen LogP contribution in [0.2, 0.25) is 0 Å². The number of fused-ring (bicyclic) bond motifs is 3. The Hall–Kier alpha value is -3.61. The van der Waals surface area contributed by atoms with Crippen molar-refractivity contribution < 1.29 is 24.2 Å². The lowest BCUT2D eigenvalue weighted by atomic mass is 10.0. The highest BCUT2D eigenvalue weighted by Crippen LogP contribution is 2.42. The summed E-state index contributed by atoms with van der Waals surface area (Å²) in [5.74, 6) is -1.23. The Morgan fingerprint density at radius 1 is 1.14 bits per heavy atom. The number of rotatable bonds is 5. The zero-order valence-electron chi connectivity index (χ0n) is 15.1. The summed E-state index contributed by atoms with van der Waals surface area (Å²) in [7, 11) is 0. The van der Waals surface area contributed by atoms with Crippen LogP contribution in [0.5, 0.6) is 5.75 Å². The Bertz CT molecular complexity index is 1030. The van der Waals surface area contributed by atoms with Crippen molar-refractivity contribution >= 4 is 29.6 Å². The summed E-state index contributed by atoms with van der Waals surface area (Å²) in [4.78, 5) is 31.1. The van der Waals surface area contributed by atoms with E-state index in [1.807, 2.05) is 31.1 Å². The summed E-state index contributed by atoms with van der Waals surface area (Å²) in [6, 6.07) is 15.6. The minimum atomic E-state index is -1.07. The number of hydrogen-bond donors (Lipinski definition) is 2. The fourth-order valence-electron chi connectivity index (χ4n) is 3.90. The third-order valence-electron chi connectivity index (χ3n) is 4.84. The quantitative estimate of drug-likeness (QED) is 0.706. The van der Waals surface area contributed by atoms with Gasteiger partial charge in [-0.3, -0.25) is 4.79 Å². The average molecular weight is 380 g/mol. The summed E-state index contributed by atoms with van der Waals surface area (Å²) >= 11 is 0. The monoisotopic (exact) mass is 380 g/mol. The van der Waals surface area contributed by atoms with Crippen molar-refractivity contribution in [1.29, 1.82) is 0 Å². The molecule has 0 saturated heterocycles. The lowest BCUT2D eigenvalue weighted by Gasteiger charge is -2.16. The smallest absolute Gasteiger partial charge is 0.341 e. The lowest BCUT2D eigenvalue weighted by molar-refractivity contribution is -0.139. The molecule has 0 aliphatic carbocycles. The number of carbonyl (C=O) groups is 3. The molecule has 28 heavy (non-hydrogen) atoms. The number of aliphatic carboxylic acids is 1. The first-order valence-corrected chi connectivity index (χ1v) is 8.72. The summed E-state index contributed by atoms with van der Waals surface area (Å²) in [6.07, 6.45) is 1.61. The van der Waals surface area contributed by atoms with Gasteiger partial charge < -0.3 is 24.9 Å². The molecule has 144 valence electrons. The zero-order chi connectivity index (χ0) is 20.3. The van der Waals surface area contributed by atoms with Crippen LogP contribution in [0.1, 0.15) is 34.1 Å².